The fourth-order valence-electron chi connectivity index (χ4n) is 2.83. The Kier molecular flexibility index (Phi) is 3.53. The number of aryl methyl sites for hydroxylation is 1. The molecule has 21 heavy (non-hydrogen) atoms. The maximum absolute atomic E-state index is 13.5. The van der Waals surface area contributed by atoms with Crippen molar-refractivity contribution in [3.8, 4) is 0 Å². The quantitative estimate of drug-likeness (QED) is 0.846. The summed E-state index contributed by atoms with van der Waals surface area (Å²) in [5.41, 5.74) is 3.25. The number of nitrogens with one attached hydrogen (secondary N) is 1. The molecule has 0 atom stereocenters. The summed E-state index contributed by atoms with van der Waals surface area (Å²) in [5.74, 6) is -0.341. The highest BCUT2D eigenvalue weighted by atomic mass is 19.1. The number of ketones is 1. The van der Waals surface area contributed by atoms with Crippen molar-refractivity contribution >= 4 is 11.5 Å². The molecule has 3 rings (SSSR count). The Morgan fingerprint density at radius 1 is 1.33 bits per heavy atom. The number of anilines is 1. The summed E-state index contributed by atoms with van der Waals surface area (Å²) < 4.78 is 15.8. The molecule has 3 nitrogen and oxygen atoms in total. The summed E-state index contributed by atoms with van der Waals surface area (Å²) in [5, 5.41) is 2.88. The Balaban J connectivity index is 1.74. The Hall–Kier alpha value is -2.10. The Labute approximate surface area is 123 Å². The van der Waals surface area contributed by atoms with Gasteiger partial charge in [-0.15, -0.1) is 0 Å². The summed E-state index contributed by atoms with van der Waals surface area (Å²) in [7, 11) is 0. The summed E-state index contributed by atoms with van der Waals surface area (Å²) in [6.07, 6.45) is 2.38. The van der Waals surface area contributed by atoms with Gasteiger partial charge in [0.25, 0.3) is 0 Å². The number of aromatic nitrogens is 1. The van der Waals surface area contributed by atoms with Crippen LogP contribution < -0.4 is 5.32 Å². The van der Waals surface area contributed by atoms with E-state index in [1.807, 2.05) is 19.9 Å². The molecule has 110 valence electrons. The lowest BCUT2D eigenvalue weighted by Crippen LogP contribution is -2.15. The van der Waals surface area contributed by atoms with Gasteiger partial charge in [0, 0.05) is 23.0 Å². The van der Waals surface area contributed by atoms with Gasteiger partial charge in [0.15, 0.2) is 5.78 Å². The molecular weight excluding hydrogens is 267 g/mol. The minimum atomic E-state index is -0.339. The van der Waals surface area contributed by atoms with E-state index in [9.17, 15) is 9.18 Å². The number of carbonyl (C=O) groups excluding carboxylic acids is 1. The van der Waals surface area contributed by atoms with E-state index in [2.05, 4.69) is 9.88 Å². The van der Waals surface area contributed by atoms with Gasteiger partial charge in [0.05, 0.1) is 12.2 Å². The number of benzene rings is 1. The van der Waals surface area contributed by atoms with E-state index < -0.39 is 0 Å². The summed E-state index contributed by atoms with van der Waals surface area (Å²) in [6.45, 7) is 4.13. The fourth-order valence-corrected chi connectivity index (χ4v) is 2.83. The van der Waals surface area contributed by atoms with E-state index >= 15 is 0 Å². The first-order chi connectivity index (χ1) is 10.1. The lowest BCUT2D eigenvalue weighted by atomic mass is 10.1. The molecule has 2 aromatic rings. The molecule has 1 aliphatic carbocycles. The number of rotatable bonds is 5. The monoisotopic (exact) mass is 286 g/mol. The molecule has 1 aliphatic rings. The van der Waals surface area contributed by atoms with Crippen molar-refractivity contribution in [2.75, 3.05) is 11.9 Å². The number of para-hydroxylation sites is 1. The van der Waals surface area contributed by atoms with Gasteiger partial charge in [0.1, 0.15) is 5.82 Å². The highest BCUT2D eigenvalue weighted by Crippen LogP contribution is 2.38. The van der Waals surface area contributed by atoms with Crippen molar-refractivity contribution in [1.82, 2.24) is 4.57 Å². The van der Waals surface area contributed by atoms with Crippen molar-refractivity contribution in [3.05, 3.63) is 53.1 Å². The molecular formula is C17H19FN2O. The van der Waals surface area contributed by atoms with Crippen LogP contribution in [0.4, 0.5) is 10.1 Å². The van der Waals surface area contributed by atoms with Gasteiger partial charge in [0.2, 0.25) is 0 Å². The third kappa shape index (κ3) is 2.71. The van der Waals surface area contributed by atoms with Gasteiger partial charge < -0.3 is 9.88 Å². The van der Waals surface area contributed by atoms with E-state index in [1.54, 1.807) is 18.2 Å². The second-order valence-corrected chi connectivity index (χ2v) is 5.64. The zero-order chi connectivity index (χ0) is 15.0. The van der Waals surface area contributed by atoms with E-state index in [0.29, 0.717) is 11.7 Å². The zero-order valence-corrected chi connectivity index (χ0v) is 12.3. The van der Waals surface area contributed by atoms with Gasteiger partial charge in [-0.2, -0.15) is 0 Å². The molecule has 0 radical (unpaired) electrons. The Bertz CT molecular complexity index is 686. The lowest BCUT2D eigenvalue weighted by molar-refractivity contribution is 0.101. The van der Waals surface area contributed by atoms with Crippen molar-refractivity contribution in [3.63, 3.8) is 0 Å². The molecule has 4 heteroatoms. The molecule has 1 aromatic heterocycles. The van der Waals surface area contributed by atoms with Crippen LogP contribution in [-0.4, -0.2) is 16.9 Å². The van der Waals surface area contributed by atoms with Gasteiger partial charge in [-0.3, -0.25) is 4.79 Å². The minimum absolute atomic E-state index is 0.00162. The van der Waals surface area contributed by atoms with Gasteiger partial charge >= 0.3 is 0 Å². The topological polar surface area (TPSA) is 34.0 Å². The number of hydrogen-bond acceptors (Lipinski definition) is 2. The van der Waals surface area contributed by atoms with E-state index in [-0.39, 0.29) is 18.1 Å². The molecule has 1 aromatic carbocycles. The maximum Gasteiger partial charge on any atom is 0.183 e. The van der Waals surface area contributed by atoms with Crippen LogP contribution in [0.2, 0.25) is 0 Å². The summed E-state index contributed by atoms with van der Waals surface area (Å²) >= 11 is 0. The largest absolute Gasteiger partial charge is 0.375 e. The zero-order valence-electron chi connectivity index (χ0n) is 12.3. The molecule has 1 N–H and O–H groups in total. The molecule has 0 unspecified atom stereocenters. The maximum atomic E-state index is 13.5. The molecule has 1 saturated carbocycles. The highest BCUT2D eigenvalue weighted by molar-refractivity contribution is 6.00. The summed E-state index contributed by atoms with van der Waals surface area (Å²) in [4.78, 5) is 12.4. The van der Waals surface area contributed by atoms with Crippen molar-refractivity contribution in [1.29, 1.82) is 0 Å². The van der Waals surface area contributed by atoms with Crippen molar-refractivity contribution < 1.29 is 9.18 Å². The van der Waals surface area contributed by atoms with Crippen LogP contribution in [0.3, 0.4) is 0 Å². The van der Waals surface area contributed by atoms with Crippen LogP contribution in [0.1, 0.15) is 40.6 Å². The van der Waals surface area contributed by atoms with Crippen LogP contribution in [0.15, 0.2) is 30.3 Å². The second kappa shape index (κ2) is 5.35. The average molecular weight is 286 g/mol. The van der Waals surface area contributed by atoms with E-state index in [0.717, 1.165) is 17.0 Å². The first-order valence-corrected chi connectivity index (χ1v) is 7.28. The van der Waals surface area contributed by atoms with Crippen molar-refractivity contribution in [2.45, 2.75) is 32.7 Å². The van der Waals surface area contributed by atoms with Gasteiger partial charge in [-0.05, 0) is 44.9 Å². The third-order valence-electron chi connectivity index (χ3n) is 4.01. The second-order valence-electron chi connectivity index (χ2n) is 5.64. The molecule has 1 heterocycles. The summed E-state index contributed by atoms with van der Waals surface area (Å²) in [6, 6.07) is 8.90. The number of nitrogens with zero attached hydrogens (tertiary/aromatic N) is 1. The SMILES string of the molecule is Cc1cc(C(=O)CNc2ccccc2F)c(C)n1C1CC1. The molecule has 0 bridgehead atoms. The van der Waals surface area contributed by atoms with Crippen LogP contribution in [0, 0.1) is 19.7 Å². The highest BCUT2D eigenvalue weighted by Gasteiger charge is 2.28. The molecule has 0 spiro atoms. The lowest BCUT2D eigenvalue weighted by Gasteiger charge is -2.08. The Morgan fingerprint density at radius 3 is 2.71 bits per heavy atom. The van der Waals surface area contributed by atoms with Gasteiger partial charge in [-0.1, -0.05) is 12.1 Å². The molecule has 0 amide bonds. The average Bonchev–Trinajstić information content (AvgIpc) is 3.24. The van der Waals surface area contributed by atoms with E-state index in [1.165, 1.54) is 18.9 Å². The molecule has 1 fully saturated rings. The van der Waals surface area contributed by atoms with Crippen LogP contribution in [0.5, 0.6) is 0 Å². The van der Waals surface area contributed by atoms with Crippen LogP contribution in [-0.2, 0) is 0 Å². The smallest absolute Gasteiger partial charge is 0.183 e. The predicted molar refractivity (Wildman–Crippen MR) is 81.4 cm³/mol. The van der Waals surface area contributed by atoms with E-state index in [4.69, 9.17) is 0 Å². The first kappa shape index (κ1) is 13.9. The van der Waals surface area contributed by atoms with Crippen LogP contribution in [0.25, 0.3) is 0 Å². The Morgan fingerprint density at radius 2 is 2.05 bits per heavy atom. The first-order valence-electron chi connectivity index (χ1n) is 7.28. The fraction of sp³-hybridized carbons (Fsp3) is 0.353. The normalized spacial score (nSPS) is 14.2. The molecule has 0 saturated heterocycles. The number of hydrogen-bond donors (Lipinski definition) is 1. The standard InChI is InChI=1S/C17H19FN2O/c1-11-9-14(12(2)20(11)13-7-8-13)17(21)10-19-16-6-4-3-5-15(16)18/h3-6,9,13,19H,7-8,10H2,1-2H3. The third-order valence-corrected chi connectivity index (χ3v) is 4.01. The number of Topliss-reactive ketones (excluding diaryl/α,β-unsaturated/α-hetero) is 1. The molecule has 0 aliphatic heterocycles. The van der Waals surface area contributed by atoms with Crippen molar-refractivity contribution in [2.24, 2.45) is 0 Å². The predicted octanol–water partition coefficient (Wildman–Crippen LogP) is 3.87. The van der Waals surface area contributed by atoms with Crippen LogP contribution >= 0.6 is 0 Å². The number of carbonyl (C=O) groups is 1. The number of halogens is 1. The minimum Gasteiger partial charge on any atom is -0.375 e. The van der Waals surface area contributed by atoms with Gasteiger partial charge in [-0.25, -0.2) is 4.39 Å².